The number of hydrogen-bond donors (Lipinski definition) is 0. The molecule has 0 spiro atoms. The molecule has 2 aromatic rings. The maximum Gasteiger partial charge on any atom is 0.289 e. The number of rotatable bonds is 3. The van der Waals surface area contributed by atoms with Crippen LogP contribution in [-0.2, 0) is 4.79 Å². The molecule has 5 nitrogen and oxygen atoms in total. The fourth-order valence-electron chi connectivity index (χ4n) is 3.14. The van der Waals surface area contributed by atoms with Crippen molar-refractivity contribution in [2.24, 2.45) is 5.92 Å². The summed E-state index contributed by atoms with van der Waals surface area (Å²) < 4.78 is 19.4. The van der Waals surface area contributed by atoms with Crippen molar-refractivity contribution in [2.45, 2.75) is 12.8 Å². The van der Waals surface area contributed by atoms with Crippen LogP contribution in [0.1, 0.15) is 23.4 Å². The van der Waals surface area contributed by atoms with E-state index >= 15 is 0 Å². The summed E-state index contributed by atoms with van der Waals surface area (Å²) in [5.74, 6) is -0.336. The normalized spacial score (nSPS) is 17.4. The van der Waals surface area contributed by atoms with Crippen LogP contribution < -0.4 is 0 Å². The first-order valence-corrected chi connectivity index (χ1v) is 8.32. The highest BCUT2D eigenvalue weighted by atomic mass is 19.1. The van der Waals surface area contributed by atoms with E-state index < -0.39 is 5.82 Å². The molecule has 1 aromatic heterocycles. The molecule has 0 saturated carbocycles. The lowest BCUT2D eigenvalue weighted by atomic mass is 9.96. The van der Waals surface area contributed by atoms with Crippen LogP contribution in [0, 0.1) is 11.7 Å². The van der Waals surface area contributed by atoms with E-state index in [1.807, 2.05) is 0 Å². The molecule has 3 rings (SSSR count). The lowest BCUT2D eigenvalue weighted by Gasteiger charge is -2.32. The van der Waals surface area contributed by atoms with Gasteiger partial charge in [0.15, 0.2) is 5.76 Å². The zero-order chi connectivity index (χ0) is 18.0. The van der Waals surface area contributed by atoms with Gasteiger partial charge in [-0.3, -0.25) is 9.59 Å². The van der Waals surface area contributed by atoms with Gasteiger partial charge in [0.05, 0.1) is 11.5 Å². The van der Waals surface area contributed by atoms with E-state index in [1.54, 1.807) is 54.2 Å². The Morgan fingerprint density at radius 1 is 1.20 bits per heavy atom. The van der Waals surface area contributed by atoms with Crippen LogP contribution in [0.2, 0.25) is 0 Å². The van der Waals surface area contributed by atoms with E-state index in [1.165, 1.54) is 6.07 Å². The average molecular weight is 344 g/mol. The van der Waals surface area contributed by atoms with Gasteiger partial charge in [0.2, 0.25) is 5.91 Å². The van der Waals surface area contributed by atoms with Crippen molar-refractivity contribution in [3.63, 3.8) is 0 Å². The monoisotopic (exact) mass is 344 g/mol. The van der Waals surface area contributed by atoms with E-state index in [0.717, 1.165) is 12.8 Å². The number of furan rings is 1. The van der Waals surface area contributed by atoms with Crippen LogP contribution in [0.15, 0.2) is 40.8 Å². The summed E-state index contributed by atoms with van der Waals surface area (Å²) in [6.07, 6.45) is 1.55. The molecule has 0 N–H and O–H groups in total. The molecule has 132 valence electrons. The van der Waals surface area contributed by atoms with Crippen molar-refractivity contribution in [1.82, 2.24) is 9.80 Å². The summed E-state index contributed by atoms with van der Waals surface area (Å²) in [5.41, 5.74) is 0.320. The fraction of sp³-hybridized carbons (Fsp3) is 0.368. The largest absolute Gasteiger partial charge is 0.451 e. The number of nitrogens with zero attached hydrogens (tertiary/aromatic N) is 2. The minimum absolute atomic E-state index is 0.0315. The van der Waals surface area contributed by atoms with Gasteiger partial charge in [-0.25, -0.2) is 4.39 Å². The van der Waals surface area contributed by atoms with Crippen molar-refractivity contribution in [3.05, 3.63) is 48.0 Å². The Labute approximate surface area is 146 Å². The van der Waals surface area contributed by atoms with Crippen molar-refractivity contribution >= 4 is 11.8 Å². The minimum Gasteiger partial charge on any atom is -0.451 e. The molecule has 0 aliphatic carbocycles. The molecule has 1 aromatic carbocycles. The number of carbonyl (C=O) groups is 2. The fourth-order valence-corrected chi connectivity index (χ4v) is 3.14. The third-order valence-corrected chi connectivity index (χ3v) is 4.45. The van der Waals surface area contributed by atoms with Gasteiger partial charge in [0, 0.05) is 27.2 Å². The molecule has 1 fully saturated rings. The average Bonchev–Trinajstić information content (AvgIpc) is 3.10. The number of amides is 2. The molecule has 1 aliphatic rings. The lowest BCUT2D eigenvalue weighted by Crippen LogP contribution is -2.45. The van der Waals surface area contributed by atoms with Gasteiger partial charge in [-0.05, 0) is 37.1 Å². The van der Waals surface area contributed by atoms with Gasteiger partial charge >= 0.3 is 0 Å². The van der Waals surface area contributed by atoms with Gasteiger partial charge in [-0.2, -0.15) is 0 Å². The summed E-state index contributed by atoms with van der Waals surface area (Å²) in [6.45, 7) is 0.970. The van der Waals surface area contributed by atoms with Crippen LogP contribution in [0.4, 0.5) is 4.39 Å². The first-order valence-electron chi connectivity index (χ1n) is 8.32. The van der Waals surface area contributed by atoms with Gasteiger partial charge in [0.1, 0.15) is 11.6 Å². The van der Waals surface area contributed by atoms with Gasteiger partial charge < -0.3 is 14.2 Å². The summed E-state index contributed by atoms with van der Waals surface area (Å²) in [4.78, 5) is 28.0. The molecule has 6 heteroatoms. The van der Waals surface area contributed by atoms with E-state index in [-0.39, 0.29) is 23.5 Å². The lowest BCUT2D eigenvalue weighted by molar-refractivity contribution is -0.134. The Hall–Kier alpha value is -2.63. The highest BCUT2D eigenvalue weighted by Crippen LogP contribution is 2.26. The topological polar surface area (TPSA) is 53.8 Å². The standard InChI is InChI=1S/C19H21FN2O3/c1-21(2)18(23)13-6-5-11-22(12-13)19(24)17-10-9-16(25-17)14-7-3-4-8-15(14)20/h3-4,7-10,13H,5-6,11-12H2,1-2H3. The number of halogens is 1. The summed E-state index contributed by atoms with van der Waals surface area (Å²) in [6, 6.07) is 9.42. The molecule has 1 unspecified atom stereocenters. The quantitative estimate of drug-likeness (QED) is 0.860. The molecule has 2 amide bonds. The molecule has 0 radical (unpaired) electrons. The van der Waals surface area contributed by atoms with Gasteiger partial charge in [-0.1, -0.05) is 12.1 Å². The second kappa shape index (κ2) is 7.09. The van der Waals surface area contributed by atoms with Crippen molar-refractivity contribution in [1.29, 1.82) is 0 Å². The van der Waals surface area contributed by atoms with E-state index in [0.29, 0.717) is 24.4 Å². The molecule has 1 atom stereocenters. The zero-order valence-corrected chi connectivity index (χ0v) is 14.4. The second-order valence-corrected chi connectivity index (χ2v) is 6.47. The smallest absolute Gasteiger partial charge is 0.289 e. The predicted octanol–water partition coefficient (Wildman–Crippen LogP) is 3.03. The Kier molecular flexibility index (Phi) is 4.88. The Bertz CT molecular complexity index is 784. The SMILES string of the molecule is CN(C)C(=O)C1CCCN(C(=O)c2ccc(-c3ccccc3F)o2)C1. The number of carbonyl (C=O) groups excluding carboxylic acids is 2. The molecular weight excluding hydrogens is 323 g/mol. The number of benzene rings is 1. The van der Waals surface area contributed by atoms with Gasteiger partial charge in [-0.15, -0.1) is 0 Å². The Balaban J connectivity index is 1.75. The van der Waals surface area contributed by atoms with Crippen molar-refractivity contribution in [2.75, 3.05) is 27.2 Å². The molecule has 2 heterocycles. The maximum atomic E-state index is 13.9. The minimum atomic E-state index is -0.398. The number of likely N-dealkylation sites (tertiary alicyclic amines) is 1. The second-order valence-electron chi connectivity index (χ2n) is 6.47. The summed E-state index contributed by atoms with van der Waals surface area (Å²) >= 11 is 0. The van der Waals surface area contributed by atoms with Crippen LogP contribution in [0.25, 0.3) is 11.3 Å². The summed E-state index contributed by atoms with van der Waals surface area (Å²) in [7, 11) is 3.44. The third kappa shape index (κ3) is 3.57. The van der Waals surface area contributed by atoms with Crippen molar-refractivity contribution in [3.8, 4) is 11.3 Å². The Morgan fingerprint density at radius 3 is 2.68 bits per heavy atom. The highest BCUT2D eigenvalue weighted by molar-refractivity contribution is 5.92. The first-order chi connectivity index (χ1) is 12.0. The zero-order valence-electron chi connectivity index (χ0n) is 14.4. The van der Waals surface area contributed by atoms with E-state index in [4.69, 9.17) is 4.42 Å². The molecule has 25 heavy (non-hydrogen) atoms. The third-order valence-electron chi connectivity index (χ3n) is 4.45. The predicted molar refractivity (Wildman–Crippen MR) is 91.4 cm³/mol. The number of piperidine rings is 1. The molecular formula is C19H21FN2O3. The summed E-state index contributed by atoms with van der Waals surface area (Å²) in [5, 5.41) is 0. The van der Waals surface area contributed by atoms with E-state index in [2.05, 4.69) is 0 Å². The van der Waals surface area contributed by atoms with Crippen LogP contribution in [0.5, 0.6) is 0 Å². The van der Waals surface area contributed by atoms with Crippen LogP contribution in [0.3, 0.4) is 0 Å². The van der Waals surface area contributed by atoms with Crippen molar-refractivity contribution < 1.29 is 18.4 Å². The Morgan fingerprint density at radius 2 is 1.96 bits per heavy atom. The molecule has 1 saturated heterocycles. The van der Waals surface area contributed by atoms with Gasteiger partial charge in [0.25, 0.3) is 5.91 Å². The first kappa shape index (κ1) is 17.2. The molecule has 1 aliphatic heterocycles. The van der Waals surface area contributed by atoms with Crippen LogP contribution in [-0.4, -0.2) is 48.8 Å². The van der Waals surface area contributed by atoms with Crippen LogP contribution >= 0.6 is 0 Å². The highest BCUT2D eigenvalue weighted by Gasteiger charge is 2.31. The maximum absolute atomic E-state index is 13.9. The molecule has 0 bridgehead atoms. The number of hydrogen-bond acceptors (Lipinski definition) is 3. The van der Waals surface area contributed by atoms with E-state index in [9.17, 15) is 14.0 Å².